The van der Waals surface area contributed by atoms with Gasteiger partial charge in [0.25, 0.3) is 0 Å². The molecule has 1 aromatic carbocycles. The van der Waals surface area contributed by atoms with Crippen LogP contribution in [-0.4, -0.2) is 47.3 Å². The summed E-state index contributed by atoms with van der Waals surface area (Å²) in [4.78, 5) is 15.9. The average Bonchev–Trinajstić information content (AvgIpc) is 3.25. The van der Waals surface area contributed by atoms with Crippen LogP contribution in [0.2, 0.25) is 0 Å². The molecular weight excluding hydrogens is 368 g/mol. The van der Waals surface area contributed by atoms with Crippen molar-refractivity contribution in [1.82, 2.24) is 15.1 Å². The van der Waals surface area contributed by atoms with Crippen LogP contribution in [0.4, 0.5) is 25.1 Å². The summed E-state index contributed by atoms with van der Waals surface area (Å²) >= 11 is 0. The lowest BCUT2D eigenvalue weighted by molar-refractivity contribution is 0.208. The Balaban J connectivity index is 1.34. The molecule has 0 radical (unpaired) electrons. The highest BCUT2D eigenvalue weighted by Crippen LogP contribution is 2.20. The molecule has 1 aliphatic rings. The van der Waals surface area contributed by atoms with Gasteiger partial charge in [-0.2, -0.15) is 0 Å². The normalized spacial score (nSPS) is 14.2. The number of furan rings is 1. The standard InChI is InChI=1S/C19H17F2N5O2/c20-13-3-4-15(14(21)12-13)22-19(27)26-9-7-25(8-10-26)18-6-5-16(23-24-18)17-2-1-11-28-17/h1-6,11-12H,7-10H2,(H,22,27). The predicted molar refractivity (Wildman–Crippen MR) is 98.9 cm³/mol. The fourth-order valence-electron chi connectivity index (χ4n) is 2.97. The molecule has 0 saturated carbocycles. The van der Waals surface area contributed by atoms with Crippen LogP contribution in [0, 0.1) is 11.6 Å². The van der Waals surface area contributed by atoms with Crippen LogP contribution in [-0.2, 0) is 0 Å². The molecule has 0 unspecified atom stereocenters. The molecule has 7 nitrogen and oxygen atoms in total. The maximum absolute atomic E-state index is 13.7. The number of hydrogen-bond donors (Lipinski definition) is 1. The fraction of sp³-hybridized carbons (Fsp3) is 0.211. The smallest absolute Gasteiger partial charge is 0.322 e. The molecular formula is C19H17F2N5O2. The van der Waals surface area contributed by atoms with Gasteiger partial charge < -0.3 is 19.5 Å². The number of nitrogens with one attached hydrogen (secondary N) is 1. The molecule has 2 amide bonds. The second-order valence-corrected chi connectivity index (χ2v) is 6.28. The Morgan fingerprint density at radius 1 is 1.04 bits per heavy atom. The number of rotatable bonds is 3. The van der Waals surface area contributed by atoms with Gasteiger partial charge in [0.1, 0.15) is 17.3 Å². The van der Waals surface area contributed by atoms with E-state index in [9.17, 15) is 13.6 Å². The molecule has 1 aliphatic heterocycles. The molecule has 28 heavy (non-hydrogen) atoms. The summed E-state index contributed by atoms with van der Waals surface area (Å²) in [6.07, 6.45) is 1.58. The summed E-state index contributed by atoms with van der Waals surface area (Å²) in [5.41, 5.74) is 0.598. The van der Waals surface area contributed by atoms with Crippen molar-refractivity contribution < 1.29 is 18.0 Å². The Morgan fingerprint density at radius 2 is 1.86 bits per heavy atom. The highest BCUT2D eigenvalue weighted by molar-refractivity contribution is 5.89. The number of benzene rings is 1. The minimum atomic E-state index is -0.807. The number of halogens is 2. The van der Waals surface area contributed by atoms with Crippen molar-refractivity contribution in [3.63, 3.8) is 0 Å². The highest BCUT2D eigenvalue weighted by atomic mass is 19.1. The first kappa shape index (κ1) is 17.9. The van der Waals surface area contributed by atoms with Gasteiger partial charge in [-0.3, -0.25) is 0 Å². The molecule has 0 aliphatic carbocycles. The number of anilines is 2. The Labute approximate surface area is 159 Å². The molecule has 0 atom stereocenters. The quantitative estimate of drug-likeness (QED) is 0.748. The summed E-state index contributed by atoms with van der Waals surface area (Å²) < 4.78 is 32.0. The van der Waals surface area contributed by atoms with Gasteiger partial charge >= 0.3 is 6.03 Å². The van der Waals surface area contributed by atoms with E-state index in [2.05, 4.69) is 15.5 Å². The maximum Gasteiger partial charge on any atom is 0.322 e. The van der Waals surface area contributed by atoms with E-state index in [0.717, 1.165) is 12.1 Å². The second kappa shape index (κ2) is 7.63. The molecule has 0 spiro atoms. The van der Waals surface area contributed by atoms with E-state index in [1.807, 2.05) is 23.1 Å². The third-order valence-electron chi connectivity index (χ3n) is 4.49. The fourth-order valence-corrected chi connectivity index (χ4v) is 2.97. The van der Waals surface area contributed by atoms with Crippen molar-refractivity contribution in [2.24, 2.45) is 0 Å². The molecule has 4 rings (SSSR count). The van der Waals surface area contributed by atoms with Gasteiger partial charge in [0.15, 0.2) is 11.6 Å². The van der Waals surface area contributed by atoms with E-state index in [-0.39, 0.29) is 5.69 Å². The lowest BCUT2D eigenvalue weighted by Gasteiger charge is -2.35. The lowest BCUT2D eigenvalue weighted by Crippen LogP contribution is -2.50. The minimum Gasteiger partial charge on any atom is -0.463 e. The van der Waals surface area contributed by atoms with Crippen LogP contribution in [0.3, 0.4) is 0 Å². The van der Waals surface area contributed by atoms with E-state index in [1.54, 1.807) is 17.2 Å². The Morgan fingerprint density at radius 3 is 2.50 bits per heavy atom. The van der Waals surface area contributed by atoms with Crippen LogP contribution in [0.15, 0.2) is 53.1 Å². The number of aromatic nitrogens is 2. The molecule has 1 fully saturated rings. The second-order valence-electron chi connectivity index (χ2n) is 6.28. The Hall–Kier alpha value is -3.49. The summed E-state index contributed by atoms with van der Waals surface area (Å²) in [6, 6.07) is 9.89. The van der Waals surface area contributed by atoms with Gasteiger partial charge in [-0.1, -0.05) is 0 Å². The topological polar surface area (TPSA) is 74.5 Å². The van der Waals surface area contributed by atoms with Crippen LogP contribution >= 0.6 is 0 Å². The monoisotopic (exact) mass is 385 g/mol. The first-order chi connectivity index (χ1) is 13.6. The van der Waals surface area contributed by atoms with Crippen LogP contribution in [0.5, 0.6) is 0 Å². The molecule has 144 valence electrons. The summed E-state index contributed by atoms with van der Waals surface area (Å²) in [6.45, 7) is 2.01. The average molecular weight is 385 g/mol. The zero-order valence-corrected chi connectivity index (χ0v) is 14.8. The van der Waals surface area contributed by atoms with Crippen LogP contribution in [0.1, 0.15) is 0 Å². The van der Waals surface area contributed by atoms with Crippen molar-refractivity contribution in [2.45, 2.75) is 0 Å². The number of piperazine rings is 1. The summed E-state index contributed by atoms with van der Waals surface area (Å²) in [5, 5.41) is 10.9. The molecule has 3 aromatic rings. The molecule has 2 aromatic heterocycles. The number of amides is 2. The van der Waals surface area contributed by atoms with Crippen LogP contribution in [0.25, 0.3) is 11.5 Å². The number of carbonyl (C=O) groups excluding carboxylic acids is 1. The Kier molecular flexibility index (Phi) is 4.88. The first-order valence-corrected chi connectivity index (χ1v) is 8.74. The molecule has 1 saturated heterocycles. The first-order valence-electron chi connectivity index (χ1n) is 8.74. The van der Waals surface area contributed by atoms with Gasteiger partial charge in [0, 0.05) is 32.2 Å². The van der Waals surface area contributed by atoms with Crippen molar-refractivity contribution in [3.05, 3.63) is 60.4 Å². The summed E-state index contributed by atoms with van der Waals surface area (Å²) in [5.74, 6) is -0.143. The van der Waals surface area contributed by atoms with E-state index < -0.39 is 17.7 Å². The van der Waals surface area contributed by atoms with Gasteiger partial charge in [0.05, 0.1) is 12.0 Å². The third kappa shape index (κ3) is 3.78. The number of hydrogen-bond acceptors (Lipinski definition) is 5. The molecule has 3 heterocycles. The SMILES string of the molecule is O=C(Nc1ccc(F)cc1F)N1CCN(c2ccc(-c3ccco3)nn2)CC1. The van der Waals surface area contributed by atoms with E-state index in [1.165, 1.54) is 6.07 Å². The van der Waals surface area contributed by atoms with Gasteiger partial charge in [-0.25, -0.2) is 13.6 Å². The maximum atomic E-state index is 13.7. The van der Waals surface area contributed by atoms with Crippen molar-refractivity contribution >= 4 is 17.5 Å². The zero-order chi connectivity index (χ0) is 19.5. The van der Waals surface area contributed by atoms with E-state index in [0.29, 0.717) is 43.5 Å². The predicted octanol–water partition coefficient (Wildman–Crippen LogP) is 3.37. The van der Waals surface area contributed by atoms with Crippen molar-refractivity contribution in [2.75, 3.05) is 36.4 Å². The minimum absolute atomic E-state index is 0.0480. The van der Waals surface area contributed by atoms with Crippen molar-refractivity contribution in [1.29, 1.82) is 0 Å². The zero-order valence-electron chi connectivity index (χ0n) is 14.8. The number of nitrogens with zero attached hydrogens (tertiary/aromatic N) is 4. The highest BCUT2D eigenvalue weighted by Gasteiger charge is 2.23. The van der Waals surface area contributed by atoms with Crippen LogP contribution < -0.4 is 10.2 Å². The Bertz CT molecular complexity index is 955. The van der Waals surface area contributed by atoms with E-state index >= 15 is 0 Å². The molecule has 0 bridgehead atoms. The van der Waals surface area contributed by atoms with E-state index in [4.69, 9.17) is 4.42 Å². The van der Waals surface area contributed by atoms with Gasteiger partial charge in [-0.15, -0.1) is 10.2 Å². The van der Waals surface area contributed by atoms with Gasteiger partial charge in [0.2, 0.25) is 0 Å². The lowest BCUT2D eigenvalue weighted by atomic mass is 10.2. The number of carbonyl (C=O) groups is 1. The molecule has 1 N–H and O–H groups in total. The third-order valence-corrected chi connectivity index (χ3v) is 4.49. The van der Waals surface area contributed by atoms with Gasteiger partial charge in [-0.05, 0) is 36.4 Å². The van der Waals surface area contributed by atoms with Crippen molar-refractivity contribution in [3.8, 4) is 11.5 Å². The number of urea groups is 1. The summed E-state index contributed by atoms with van der Waals surface area (Å²) in [7, 11) is 0. The largest absolute Gasteiger partial charge is 0.463 e. The molecule has 9 heteroatoms.